The minimum absolute atomic E-state index is 0.0435. The third-order valence-corrected chi connectivity index (χ3v) is 6.38. The molecular formula is C22H21BrN4O2S. The summed E-state index contributed by atoms with van der Waals surface area (Å²) in [6.07, 6.45) is 2.17. The molecule has 30 heavy (non-hydrogen) atoms. The smallest absolute Gasteiger partial charge is 0.221 e. The highest BCUT2D eigenvalue weighted by molar-refractivity contribution is 9.10. The van der Waals surface area contributed by atoms with E-state index in [0.29, 0.717) is 22.3 Å². The van der Waals surface area contributed by atoms with Crippen molar-refractivity contribution in [3.05, 3.63) is 64.4 Å². The Hall–Kier alpha value is -2.45. The number of rotatable bonds is 7. The van der Waals surface area contributed by atoms with Crippen LogP contribution in [0, 0.1) is 0 Å². The van der Waals surface area contributed by atoms with E-state index in [4.69, 9.17) is 0 Å². The monoisotopic (exact) mass is 484 g/mol. The molecule has 1 amide bonds. The van der Waals surface area contributed by atoms with Crippen LogP contribution >= 0.6 is 27.7 Å². The molecule has 1 fully saturated rings. The molecule has 0 saturated heterocycles. The van der Waals surface area contributed by atoms with E-state index in [9.17, 15) is 9.59 Å². The number of thioether (sulfide) groups is 1. The van der Waals surface area contributed by atoms with E-state index >= 15 is 0 Å². The fourth-order valence-electron chi connectivity index (χ4n) is 3.19. The summed E-state index contributed by atoms with van der Waals surface area (Å²) in [5, 5.41) is 12.0. The van der Waals surface area contributed by atoms with Crippen LogP contribution in [-0.4, -0.2) is 31.7 Å². The molecule has 0 radical (unpaired) electrons. The third-order valence-electron chi connectivity index (χ3n) is 4.81. The highest BCUT2D eigenvalue weighted by atomic mass is 79.9. The SMILES string of the molecule is CC(=O)Nc1cccc(-n2c(SC(C)C(=O)c3ccc(Br)cc3)nnc2C2CC2)c1. The molecule has 0 spiro atoms. The van der Waals surface area contributed by atoms with Crippen molar-refractivity contribution in [1.82, 2.24) is 14.8 Å². The maximum atomic E-state index is 12.9. The number of Topliss-reactive ketones (excluding diaryl/α,β-unsaturated/α-hetero) is 1. The first-order valence-electron chi connectivity index (χ1n) is 9.72. The summed E-state index contributed by atoms with van der Waals surface area (Å²) in [7, 11) is 0. The van der Waals surface area contributed by atoms with Crippen molar-refractivity contribution >= 4 is 45.1 Å². The topological polar surface area (TPSA) is 76.9 Å². The van der Waals surface area contributed by atoms with Gasteiger partial charge in [-0.1, -0.05) is 45.9 Å². The minimum atomic E-state index is -0.320. The van der Waals surface area contributed by atoms with Crippen LogP contribution in [0.25, 0.3) is 5.69 Å². The number of halogens is 1. The zero-order valence-corrected chi connectivity index (χ0v) is 19.0. The van der Waals surface area contributed by atoms with E-state index in [-0.39, 0.29) is 16.9 Å². The lowest BCUT2D eigenvalue weighted by Gasteiger charge is -2.14. The quantitative estimate of drug-likeness (QED) is 0.367. The molecule has 4 rings (SSSR count). The molecule has 154 valence electrons. The fraction of sp³-hybridized carbons (Fsp3) is 0.273. The average Bonchev–Trinajstić information content (AvgIpc) is 3.48. The minimum Gasteiger partial charge on any atom is -0.326 e. The van der Waals surface area contributed by atoms with E-state index in [1.807, 2.05) is 60.0 Å². The Labute approximate surface area is 187 Å². The standard InChI is InChI=1S/C22H21BrN4O2S/c1-13(20(29)15-8-10-17(23)11-9-15)30-22-26-25-21(16-6-7-16)27(22)19-5-3-4-18(12-19)24-14(2)28/h3-5,8-13,16H,6-7H2,1-2H3,(H,24,28). The number of nitrogens with one attached hydrogen (secondary N) is 1. The maximum absolute atomic E-state index is 12.9. The first-order chi connectivity index (χ1) is 14.4. The molecule has 0 bridgehead atoms. The number of benzene rings is 2. The van der Waals surface area contributed by atoms with Gasteiger partial charge in [-0.05, 0) is 50.1 Å². The van der Waals surface area contributed by atoms with E-state index in [1.165, 1.54) is 18.7 Å². The molecule has 2 aromatic carbocycles. The van der Waals surface area contributed by atoms with Gasteiger partial charge in [0.05, 0.1) is 10.9 Å². The lowest BCUT2D eigenvalue weighted by Crippen LogP contribution is -2.15. The summed E-state index contributed by atoms with van der Waals surface area (Å²) in [6, 6.07) is 15.0. The van der Waals surface area contributed by atoms with E-state index in [2.05, 4.69) is 31.4 Å². The van der Waals surface area contributed by atoms with Crippen molar-refractivity contribution < 1.29 is 9.59 Å². The van der Waals surface area contributed by atoms with Gasteiger partial charge in [-0.3, -0.25) is 14.2 Å². The van der Waals surface area contributed by atoms with Crippen LogP contribution in [0.1, 0.15) is 48.8 Å². The van der Waals surface area contributed by atoms with Crippen LogP contribution in [0.4, 0.5) is 5.69 Å². The summed E-state index contributed by atoms with van der Waals surface area (Å²) in [6.45, 7) is 3.37. The van der Waals surface area contributed by atoms with Crippen molar-refractivity contribution in [3.63, 3.8) is 0 Å². The van der Waals surface area contributed by atoms with Gasteiger partial charge >= 0.3 is 0 Å². The Balaban J connectivity index is 1.64. The number of hydrogen-bond acceptors (Lipinski definition) is 5. The first kappa shape index (κ1) is 20.8. The molecule has 1 heterocycles. The van der Waals surface area contributed by atoms with Gasteiger partial charge in [0, 0.05) is 28.6 Å². The number of anilines is 1. The highest BCUT2D eigenvalue weighted by Gasteiger charge is 2.32. The van der Waals surface area contributed by atoms with Crippen LogP contribution < -0.4 is 5.32 Å². The highest BCUT2D eigenvalue weighted by Crippen LogP contribution is 2.41. The van der Waals surface area contributed by atoms with Gasteiger partial charge in [-0.25, -0.2) is 0 Å². The van der Waals surface area contributed by atoms with Crippen LogP contribution in [0.2, 0.25) is 0 Å². The third kappa shape index (κ3) is 4.65. The molecule has 1 unspecified atom stereocenters. The van der Waals surface area contributed by atoms with Crippen molar-refractivity contribution in [1.29, 1.82) is 0 Å². The Morgan fingerprint density at radius 1 is 1.17 bits per heavy atom. The Morgan fingerprint density at radius 3 is 2.57 bits per heavy atom. The van der Waals surface area contributed by atoms with Crippen LogP contribution in [0.5, 0.6) is 0 Å². The summed E-state index contributed by atoms with van der Waals surface area (Å²) >= 11 is 4.80. The molecule has 6 nitrogen and oxygen atoms in total. The molecule has 1 atom stereocenters. The largest absolute Gasteiger partial charge is 0.326 e. The summed E-state index contributed by atoms with van der Waals surface area (Å²) in [4.78, 5) is 24.3. The number of nitrogens with zero attached hydrogens (tertiary/aromatic N) is 3. The number of carbonyl (C=O) groups excluding carboxylic acids is 2. The summed E-state index contributed by atoms with van der Waals surface area (Å²) in [5.41, 5.74) is 2.25. The predicted molar refractivity (Wildman–Crippen MR) is 121 cm³/mol. The van der Waals surface area contributed by atoms with Gasteiger partial charge in [-0.2, -0.15) is 0 Å². The second-order valence-electron chi connectivity index (χ2n) is 7.31. The molecule has 3 aromatic rings. The Bertz CT molecular complexity index is 1090. The average molecular weight is 485 g/mol. The number of hydrogen-bond donors (Lipinski definition) is 1. The van der Waals surface area contributed by atoms with Crippen LogP contribution in [0.15, 0.2) is 58.2 Å². The van der Waals surface area contributed by atoms with E-state index < -0.39 is 0 Å². The first-order valence-corrected chi connectivity index (χ1v) is 11.4. The lowest BCUT2D eigenvalue weighted by molar-refractivity contribution is -0.114. The lowest BCUT2D eigenvalue weighted by atomic mass is 10.1. The normalized spacial score (nSPS) is 14.4. The second kappa shape index (κ2) is 8.73. The number of ketones is 1. The van der Waals surface area contributed by atoms with Gasteiger partial charge in [0.1, 0.15) is 5.82 Å². The van der Waals surface area contributed by atoms with Crippen LogP contribution in [-0.2, 0) is 4.79 Å². The van der Waals surface area contributed by atoms with Crippen molar-refractivity contribution in [2.45, 2.75) is 43.0 Å². The van der Waals surface area contributed by atoms with E-state index in [0.717, 1.165) is 28.8 Å². The Kier molecular flexibility index (Phi) is 6.06. The van der Waals surface area contributed by atoms with E-state index in [1.54, 1.807) is 0 Å². The van der Waals surface area contributed by atoms with Gasteiger partial charge in [0.2, 0.25) is 5.91 Å². The van der Waals surface area contributed by atoms with Crippen molar-refractivity contribution in [2.24, 2.45) is 0 Å². The number of carbonyl (C=O) groups is 2. The molecule has 1 aliphatic carbocycles. The predicted octanol–water partition coefficient (Wildman–Crippen LogP) is 5.23. The van der Waals surface area contributed by atoms with Crippen LogP contribution in [0.3, 0.4) is 0 Å². The molecule has 1 aromatic heterocycles. The molecular weight excluding hydrogens is 464 g/mol. The maximum Gasteiger partial charge on any atom is 0.221 e. The molecule has 0 aliphatic heterocycles. The second-order valence-corrected chi connectivity index (χ2v) is 9.54. The molecule has 8 heteroatoms. The number of aromatic nitrogens is 3. The fourth-order valence-corrected chi connectivity index (χ4v) is 4.41. The van der Waals surface area contributed by atoms with Gasteiger partial charge < -0.3 is 5.32 Å². The van der Waals surface area contributed by atoms with Gasteiger partial charge in [-0.15, -0.1) is 10.2 Å². The number of amides is 1. The van der Waals surface area contributed by atoms with Gasteiger partial charge in [0.25, 0.3) is 0 Å². The molecule has 1 saturated carbocycles. The molecule has 1 aliphatic rings. The van der Waals surface area contributed by atoms with Gasteiger partial charge in [0.15, 0.2) is 10.9 Å². The van der Waals surface area contributed by atoms with Crippen molar-refractivity contribution in [3.8, 4) is 5.69 Å². The molecule has 1 N–H and O–H groups in total. The Morgan fingerprint density at radius 2 is 1.90 bits per heavy atom. The zero-order valence-electron chi connectivity index (χ0n) is 16.6. The summed E-state index contributed by atoms with van der Waals surface area (Å²) in [5.74, 6) is 1.21. The summed E-state index contributed by atoms with van der Waals surface area (Å²) < 4.78 is 2.95. The van der Waals surface area contributed by atoms with Crippen molar-refractivity contribution in [2.75, 3.05) is 5.32 Å². The zero-order chi connectivity index (χ0) is 21.3.